The third-order valence-electron chi connectivity index (χ3n) is 1.75. The highest BCUT2D eigenvalue weighted by Crippen LogP contribution is 2.14. The molecule has 0 spiro atoms. The van der Waals surface area contributed by atoms with E-state index in [0.717, 1.165) is 0 Å². The predicted molar refractivity (Wildman–Crippen MR) is 49.4 cm³/mol. The summed E-state index contributed by atoms with van der Waals surface area (Å²) in [6, 6.07) is -2.07. The van der Waals surface area contributed by atoms with Gasteiger partial charge in [-0.05, 0) is 20.8 Å². The first-order chi connectivity index (χ1) is 6.18. The Kier molecular flexibility index (Phi) is 4.03. The minimum Gasteiger partial charge on any atom is -0.480 e. The molecule has 0 aliphatic heterocycles. The molecule has 0 fully saturated rings. The van der Waals surface area contributed by atoms with Gasteiger partial charge in [0.1, 0.15) is 17.7 Å². The zero-order chi connectivity index (χ0) is 11.5. The van der Waals surface area contributed by atoms with Crippen LogP contribution in [-0.4, -0.2) is 34.7 Å². The van der Waals surface area contributed by atoms with E-state index in [9.17, 15) is 9.59 Å². The van der Waals surface area contributed by atoms with Crippen LogP contribution in [0.2, 0.25) is 0 Å². The van der Waals surface area contributed by atoms with Crippen molar-refractivity contribution >= 4 is 11.9 Å². The Hall–Kier alpha value is -1.14. The van der Waals surface area contributed by atoms with Gasteiger partial charge in [-0.15, -0.1) is 0 Å². The molecule has 6 nitrogen and oxygen atoms in total. The van der Waals surface area contributed by atoms with Crippen LogP contribution in [0, 0.1) is 0 Å². The maximum atomic E-state index is 11.1. The smallest absolute Gasteiger partial charge is 0.324 e. The molecule has 82 valence electrons. The molecule has 0 aliphatic rings. The van der Waals surface area contributed by atoms with Crippen LogP contribution >= 0.6 is 0 Å². The normalized spacial score (nSPS) is 15.8. The summed E-state index contributed by atoms with van der Waals surface area (Å²) < 4.78 is 4.85. The van der Waals surface area contributed by atoms with Crippen molar-refractivity contribution in [1.29, 1.82) is 0 Å². The van der Waals surface area contributed by atoms with E-state index in [1.807, 2.05) is 0 Å². The Labute approximate surface area is 82.2 Å². The lowest BCUT2D eigenvalue weighted by Gasteiger charge is -2.29. The Morgan fingerprint density at radius 1 is 1.36 bits per heavy atom. The molecule has 0 aliphatic carbocycles. The number of carboxylic acids is 1. The topological polar surface area (TPSA) is 116 Å². The van der Waals surface area contributed by atoms with Gasteiger partial charge in [0, 0.05) is 0 Å². The summed E-state index contributed by atoms with van der Waals surface area (Å²) in [5.74, 6) is -1.90. The predicted octanol–water partition coefficient (Wildman–Crippen LogP) is -0.933. The van der Waals surface area contributed by atoms with Crippen molar-refractivity contribution in [2.24, 2.45) is 11.5 Å². The van der Waals surface area contributed by atoms with Crippen molar-refractivity contribution in [2.45, 2.75) is 38.5 Å². The van der Waals surface area contributed by atoms with E-state index in [4.69, 9.17) is 21.3 Å². The van der Waals surface area contributed by atoms with Crippen molar-refractivity contribution in [2.75, 3.05) is 0 Å². The van der Waals surface area contributed by atoms with Gasteiger partial charge in [-0.3, -0.25) is 9.59 Å². The van der Waals surface area contributed by atoms with Crippen LogP contribution in [-0.2, 0) is 14.3 Å². The van der Waals surface area contributed by atoms with Gasteiger partial charge in [0.25, 0.3) is 0 Å². The van der Waals surface area contributed by atoms with Crippen molar-refractivity contribution < 1.29 is 19.4 Å². The molecule has 2 atom stereocenters. The highest BCUT2D eigenvalue weighted by Gasteiger charge is 2.36. The second kappa shape index (κ2) is 4.39. The zero-order valence-corrected chi connectivity index (χ0v) is 8.48. The summed E-state index contributed by atoms with van der Waals surface area (Å²) in [5, 5.41) is 8.62. The molecule has 0 radical (unpaired) electrons. The molecule has 0 aromatic rings. The van der Waals surface area contributed by atoms with Gasteiger partial charge < -0.3 is 21.3 Å². The fraction of sp³-hybridized carbons (Fsp3) is 0.750. The summed E-state index contributed by atoms with van der Waals surface area (Å²) in [4.78, 5) is 21.6. The highest BCUT2D eigenvalue weighted by atomic mass is 16.6. The maximum absolute atomic E-state index is 11.1. The minimum absolute atomic E-state index is 0.674. The number of carbonyl (C=O) groups excluding carboxylic acids is 1. The van der Waals surface area contributed by atoms with Gasteiger partial charge in [0.2, 0.25) is 0 Å². The van der Waals surface area contributed by atoms with E-state index in [-0.39, 0.29) is 0 Å². The van der Waals surface area contributed by atoms with E-state index in [1.165, 1.54) is 20.8 Å². The van der Waals surface area contributed by atoms with Crippen LogP contribution in [0.3, 0.4) is 0 Å². The first-order valence-corrected chi connectivity index (χ1v) is 4.15. The molecular weight excluding hydrogens is 188 g/mol. The second-order valence-corrected chi connectivity index (χ2v) is 3.63. The molecule has 0 aromatic carbocycles. The van der Waals surface area contributed by atoms with Gasteiger partial charge in [-0.1, -0.05) is 0 Å². The SMILES string of the molecule is C[C@H](N)C(=O)OC(C)(C)C(N)C(=O)O. The van der Waals surface area contributed by atoms with Crippen LogP contribution in [0.15, 0.2) is 0 Å². The largest absolute Gasteiger partial charge is 0.480 e. The Morgan fingerprint density at radius 2 is 1.79 bits per heavy atom. The molecular formula is C8H16N2O4. The molecule has 0 heterocycles. The number of aliphatic carboxylic acids is 1. The quantitative estimate of drug-likeness (QED) is 0.509. The van der Waals surface area contributed by atoms with E-state index >= 15 is 0 Å². The van der Waals surface area contributed by atoms with E-state index in [0.29, 0.717) is 0 Å². The second-order valence-electron chi connectivity index (χ2n) is 3.63. The standard InChI is InChI=1S/C8H16N2O4/c1-4(9)7(13)14-8(2,3)5(10)6(11)12/h4-5H,9-10H2,1-3H3,(H,11,12)/t4-,5?/m0/s1. The number of carboxylic acid groups (broad SMARTS) is 1. The van der Waals surface area contributed by atoms with Crippen molar-refractivity contribution in [1.82, 2.24) is 0 Å². The van der Waals surface area contributed by atoms with E-state index in [2.05, 4.69) is 0 Å². The fourth-order valence-electron chi connectivity index (χ4n) is 0.713. The van der Waals surface area contributed by atoms with E-state index < -0.39 is 29.6 Å². The third kappa shape index (κ3) is 3.31. The lowest BCUT2D eigenvalue weighted by atomic mass is 9.99. The monoisotopic (exact) mass is 204 g/mol. The maximum Gasteiger partial charge on any atom is 0.324 e. The molecule has 0 saturated carbocycles. The molecule has 1 unspecified atom stereocenters. The van der Waals surface area contributed by atoms with Crippen LogP contribution < -0.4 is 11.5 Å². The number of hydrogen-bond donors (Lipinski definition) is 3. The zero-order valence-electron chi connectivity index (χ0n) is 8.48. The summed E-state index contributed by atoms with van der Waals surface area (Å²) in [6.07, 6.45) is 0. The number of hydrogen-bond acceptors (Lipinski definition) is 5. The summed E-state index contributed by atoms with van der Waals surface area (Å²) in [5.41, 5.74) is 9.31. The van der Waals surface area contributed by atoms with Crippen molar-refractivity contribution in [3.63, 3.8) is 0 Å². The number of ether oxygens (including phenoxy) is 1. The molecule has 0 rings (SSSR count). The van der Waals surface area contributed by atoms with Crippen LogP contribution in [0.4, 0.5) is 0 Å². The van der Waals surface area contributed by atoms with Crippen molar-refractivity contribution in [3.8, 4) is 0 Å². The molecule has 0 bridgehead atoms. The lowest BCUT2D eigenvalue weighted by Crippen LogP contribution is -2.53. The molecule has 6 heteroatoms. The average molecular weight is 204 g/mol. The number of esters is 1. The van der Waals surface area contributed by atoms with Crippen LogP contribution in [0.5, 0.6) is 0 Å². The Morgan fingerprint density at radius 3 is 2.07 bits per heavy atom. The molecule has 0 aromatic heterocycles. The van der Waals surface area contributed by atoms with Gasteiger partial charge in [0.05, 0.1) is 0 Å². The lowest BCUT2D eigenvalue weighted by molar-refractivity contribution is -0.164. The third-order valence-corrected chi connectivity index (χ3v) is 1.75. The first-order valence-electron chi connectivity index (χ1n) is 4.15. The number of rotatable bonds is 4. The Bertz CT molecular complexity index is 237. The van der Waals surface area contributed by atoms with Gasteiger partial charge >= 0.3 is 11.9 Å². The summed E-state index contributed by atoms with van der Waals surface area (Å²) >= 11 is 0. The summed E-state index contributed by atoms with van der Waals surface area (Å²) in [6.45, 7) is 4.29. The number of carbonyl (C=O) groups is 2. The van der Waals surface area contributed by atoms with Crippen molar-refractivity contribution in [3.05, 3.63) is 0 Å². The minimum atomic E-state index is -1.27. The van der Waals surface area contributed by atoms with E-state index in [1.54, 1.807) is 0 Å². The van der Waals surface area contributed by atoms with Gasteiger partial charge in [0.15, 0.2) is 0 Å². The Balaban J connectivity index is 4.48. The highest BCUT2D eigenvalue weighted by molar-refractivity contribution is 5.78. The summed E-state index contributed by atoms with van der Waals surface area (Å²) in [7, 11) is 0. The van der Waals surface area contributed by atoms with Gasteiger partial charge in [-0.2, -0.15) is 0 Å². The first kappa shape index (κ1) is 12.9. The number of nitrogens with two attached hydrogens (primary N) is 2. The van der Waals surface area contributed by atoms with Gasteiger partial charge in [-0.25, -0.2) is 0 Å². The molecule has 0 saturated heterocycles. The molecule has 14 heavy (non-hydrogen) atoms. The molecule has 0 amide bonds. The van der Waals surface area contributed by atoms with Crippen LogP contribution in [0.25, 0.3) is 0 Å². The fourth-order valence-corrected chi connectivity index (χ4v) is 0.713. The average Bonchev–Trinajstić information content (AvgIpc) is 2.01. The molecule has 5 N–H and O–H groups in total. The van der Waals surface area contributed by atoms with Crippen LogP contribution in [0.1, 0.15) is 20.8 Å².